The van der Waals surface area contributed by atoms with Gasteiger partial charge in [0.05, 0.1) is 0 Å². The SMILES string of the molecule is CCCCN(CCCCN(CCCNC)C(=O)OC(C)(C)C)C(=O)OC(C)(C)C. The zero-order chi connectivity index (χ0) is 22.5. The van der Waals surface area contributed by atoms with Crippen LogP contribution in [0.25, 0.3) is 0 Å². The maximum absolute atomic E-state index is 12.5. The first kappa shape index (κ1) is 27.5. The Morgan fingerprint density at radius 3 is 1.45 bits per heavy atom. The number of unbranched alkanes of at least 4 members (excludes halogenated alkanes) is 2. The van der Waals surface area contributed by atoms with Gasteiger partial charge in [-0.15, -0.1) is 0 Å². The Morgan fingerprint density at radius 2 is 1.10 bits per heavy atom. The predicted molar refractivity (Wildman–Crippen MR) is 118 cm³/mol. The average Bonchev–Trinajstić information content (AvgIpc) is 2.56. The fourth-order valence-corrected chi connectivity index (χ4v) is 2.64. The second kappa shape index (κ2) is 13.7. The third-order valence-corrected chi connectivity index (χ3v) is 4.05. The molecule has 29 heavy (non-hydrogen) atoms. The van der Waals surface area contributed by atoms with E-state index in [9.17, 15) is 9.59 Å². The molecule has 0 bridgehead atoms. The summed E-state index contributed by atoms with van der Waals surface area (Å²) < 4.78 is 11.1. The number of amides is 2. The topological polar surface area (TPSA) is 71.1 Å². The van der Waals surface area contributed by atoms with Crippen molar-refractivity contribution >= 4 is 12.2 Å². The third kappa shape index (κ3) is 15.1. The summed E-state index contributed by atoms with van der Waals surface area (Å²) in [5, 5.41) is 3.11. The maximum Gasteiger partial charge on any atom is 0.410 e. The number of hydrogen-bond donors (Lipinski definition) is 1. The van der Waals surface area contributed by atoms with E-state index in [4.69, 9.17) is 9.47 Å². The lowest BCUT2D eigenvalue weighted by Crippen LogP contribution is -2.40. The number of carbonyl (C=O) groups excluding carboxylic acids is 2. The first-order valence-electron chi connectivity index (χ1n) is 11.0. The summed E-state index contributed by atoms with van der Waals surface area (Å²) in [6, 6.07) is 0. The summed E-state index contributed by atoms with van der Waals surface area (Å²) in [7, 11) is 1.90. The Bertz CT molecular complexity index is 470. The third-order valence-electron chi connectivity index (χ3n) is 4.05. The van der Waals surface area contributed by atoms with E-state index < -0.39 is 11.2 Å². The first-order chi connectivity index (χ1) is 13.4. The summed E-state index contributed by atoms with van der Waals surface area (Å²) >= 11 is 0. The molecule has 0 radical (unpaired) electrons. The number of carbonyl (C=O) groups is 2. The number of ether oxygens (including phenoxy) is 2. The monoisotopic (exact) mass is 415 g/mol. The average molecular weight is 416 g/mol. The highest BCUT2D eigenvalue weighted by molar-refractivity contribution is 5.68. The highest BCUT2D eigenvalue weighted by Crippen LogP contribution is 2.13. The Hall–Kier alpha value is -1.50. The van der Waals surface area contributed by atoms with Crippen molar-refractivity contribution < 1.29 is 19.1 Å². The number of hydrogen-bond acceptors (Lipinski definition) is 5. The largest absolute Gasteiger partial charge is 0.444 e. The molecule has 0 aromatic carbocycles. The Morgan fingerprint density at radius 1 is 0.724 bits per heavy atom. The lowest BCUT2D eigenvalue weighted by atomic mass is 10.2. The van der Waals surface area contributed by atoms with Crippen LogP contribution in [0.3, 0.4) is 0 Å². The van der Waals surface area contributed by atoms with Crippen LogP contribution in [0.5, 0.6) is 0 Å². The molecule has 0 atom stereocenters. The molecule has 0 spiro atoms. The van der Waals surface area contributed by atoms with Gasteiger partial charge in [-0.05, 0) is 80.8 Å². The highest BCUT2D eigenvalue weighted by atomic mass is 16.6. The number of nitrogens with one attached hydrogen (secondary N) is 1. The fourth-order valence-electron chi connectivity index (χ4n) is 2.64. The molecule has 0 aliphatic heterocycles. The van der Waals surface area contributed by atoms with Crippen molar-refractivity contribution in [3.05, 3.63) is 0 Å². The second-order valence-corrected chi connectivity index (χ2v) is 9.45. The van der Waals surface area contributed by atoms with Gasteiger partial charge >= 0.3 is 12.2 Å². The molecule has 0 aromatic rings. The molecule has 0 saturated heterocycles. The molecule has 7 nitrogen and oxygen atoms in total. The molecular formula is C22H45N3O4. The van der Waals surface area contributed by atoms with Crippen LogP contribution >= 0.6 is 0 Å². The van der Waals surface area contributed by atoms with Gasteiger partial charge in [-0.3, -0.25) is 0 Å². The molecule has 0 saturated carbocycles. The number of rotatable bonds is 12. The van der Waals surface area contributed by atoms with Crippen LogP contribution in [-0.2, 0) is 9.47 Å². The van der Waals surface area contributed by atoms with Crippen LogP contribution in [0.1, 0.15) is 80.6 Å². The van der Waals surface area contributed by atoms with Crippen LogP contribution in [0.4, 0.5) is 9.59 Å². The molecule has 0 rings (SSSR count). The summed E-state index contributed by atoms with van der Waals surface area (Å²) in [5.74, 6) is 0. The van der Waals surface area contributed by atoms with E-state index in [1.54, 1.807) is 9.80 Å². The van der Waals surface area contributed by atoms with Crippen molar-refractivity contribution in [1.29, 1.82) is 0 Å². The van der Waals surface area contributed by atoms with E-state index in [2.05, 4.69) is 12.2 Å². The molecule has 0 aromatic heterocycles. The zero-order valence-electron chi connectivity index (χ0n) is 20.1. The second-order valence-electron chi connectivity index (χ2n) is 9.45. The molecule has 0 unspecified atom stereocenters. The quantitative estimate of drug-likeness (QED) is 0.470. The van der Waals surface area contributed by atoms with Crippen LogP contribution < -0.4 is 5.32 Å². The van der Waals surface area contributed by atoms with Crippen molar-refractivity contribution in [2.24, 2.45) is 0 Å². The molecular weight excluding hydrogens is 370 g/mol. The van der Waals surface area contributed by atoms with E-state index in [1.165, 1.54) is 0 Å². The minimum absolute atomic E-state index is 0.260. The van der Waals surface area contributed by atoms with Crippen molar-refractivity contribution in [1.82, 2.24) is 15.1 Å². The van der Waals surface area contributed by atoms with E-state index in [1.807, 2.05) is 48.6 Å². The van der Waals surface area contributed by atoms with Crippen molar-refractivity contribution in [3.8, 4) is 0 Å². The van der Waals surface area contributed by atoms with E-state index >= 15 is 0 Å². The van der Waals surface area contributed by atoms with Crippen molar-refractivity contribution in [3.63, 3.8) is 0 Å². The van der Waals surface area contributed by atoms with E-state index in [0.717, 1.165) is 38.6 Å². The molecule has 0 fully saturated rings. The summed E-state index contributed by atoms with van der Waals surface area (Å²) in [6.45, 7) is 16.8. The predicted octanol–water partition coefficient (Wildman–Crippen LogP) is 4.65. The molecule has 172 valence electrons. The summed E-state index contributed by atoms with van der Waals surface area (Å²) in [6.07, 6.45) is 3.94. The van der Waals surface area contributed by atoms with Gasteiger partial charge in [0.25, 0.3) is 0 Å². The Balaban J connectivity index is 4.67. The summed E-state index contributed by atoms with van der Waals surface area (Å²) in [5.41, 5.74) is -1.01. The lowest BCUT2D eigenvalue weighted by Gasteiger charge is -2.29. The lowest BCUT2D eigenvalue weighted by molar-refractivity contribution is 0.0208. The maximum atomic E-state index is 12.5. The van der Waals surface area contributed by atoms with Gasteiger partial charge in [-0.1, -0.05) is 13.3 Å². The fraction of sp³-hybridized carbons (Fsp3) is 0.909. The van der Waals surface area contributed by atoms with Crippen LogP contribution in [0.2, 0.25) is 0 Å². The zero-order valence-corrected chi connectivity index (χ0v) is 20.1. The van der Waals surface area contributed by atoms with Crippen LogP contribution in [0.15, 0.2) is 0 Å². The molecule has 1 N–H and O–H groups in total. The molecule has 2 amide bonds. The van der Waals surface area contributed by atoms with Crippen molar-refractivity contribution in [2.45, 2.75) is 91.8 Å². The van der Waals surface area contributed by atoms with Crippen molar-refractivity contribution in [2.75, 3.05) is 39.8 Å². The van der Waals surface area contributed by atoms with Crippen LogP contribution in [0, 0.1) is 0 Å². The van der Waals surface area contributed by atoms with E-state index in [0.29, 0.717) is 26.2 Å². The molecule has 0 heterocycles. The van der Waals surface area contributed by atoms with Gasteiger partial charge < -0.3 is 24.6 Å². The minimum atomic E-state index is -0.508. The minimum Gasteiger partial charge on any atom is -0.444 e. The molecule has 7 heteroatoms. The van der Waals surface area contributed by atoms with E-state index in [-0.39, 0.29) is 12.2 Å². The normalized spacial score (nSPS) is 11.9. The van der Waals surface area contributed by atoms with Gasteiger partial charge in [0.2, 0.25) is 0 Å². The Kier molecular flexibility index (Phi) is 13.0. The van der Waals surface area contributed by atoms with Gasteiger partial charge in [0.1, 0.15) is 11.2 Å². The van der Waals surface area contributed by atoms with Gasteiger partial charge in [0, 0.05) is 26.2 Å². The van der Waals surface area contributed by atoms with Gasteiger partial charge in [-0.25, -0.2) is 9.59 Å². The smallest absolute Gasteiger partial charge is 0.410 e. The number of nitrogens with zero attached hydrogens (tertiary/aromatic N) is 2. The Labute approximate surface area is 178 Å². The first-order valence-corrected chi connectivity index (χ1v) is 11.0. The summed E-state index contributed by atoms with van der Waals surface area (Å²) in [4.78, 5) is 28.5. The standard InChI is InChI=1S/C22H45N3O4/c1-9-10-15-24(19(26)28-21(2,3)4)16-11-12-17-25(18-13-14-23-8)20(27)29-22(5,6)7/h23H,9-18H2,1-8H3. The highest BCUT2D eigenvalue weighted by Gasteiger charge is 2.23. The van der Waals surface area contributed by atoms with Gasteiger partial charge in [0.15, 0.2) is 0 Å². The molecule has 0 aliphatic carbocycles. The van der Waals surface area contributed by atoms with Gasteiger partial charge in [-0.2, -0.15) is 0 Å². The van der Waals surface area contributed by atoms with Crippen LogP contribution in [-0.4, -0.2) is 73.0 Å². The molecule has 0 aliphatic rings.